The Morgan fingerprint density at radius 3 is 2.69 bits per heavy atom. The van der Waals surface area contributed by atoms with E-state index < -0.39 is 0 Å². The van der Waals surface area contributed by atoms with E-state index >= 15 is 0 Å². The molecule has 0 radical (unpaired) electrons. The van der Waals surface area contributed by atoms with Crippen molar-refractivity contribution in [3.8, 4) is 0 Å². The molecule has 1 fully saturated rings. The molecule has 88 valence electrons. The third-order valence-corrected chi connectivity index (χ3v) is 3.31. The van der Waals surface area contributed by atoms with E-state index in [2.05, 4.69) is 15.3 Å². The second-order valence-electron chi connectivity index (χ2n) is 4.62. The molecule has 4 heteroatoms. The molecule has 0 saturated heterocycles. The summed E-state index contributed by atoms with van der Waals surface area (Å²) in [6, 6.07) is 0.446. The highest BCUT2D eigenvalue weighted by Gasteiger charge is 2.24. The number of hydrogen-bond acceptors (Lipinski definition) is 4. The molecular formula is C12H20N4. The summed E-state index contributed by atoms with van der Waals surface area (Å²) in [5, 5.41) is 3.41. The van der Waals surface area contributed by atoms with E-state index in [4.69, 9.17) is 5.73 Å². The topological polar surface area (TPSA) is 63.8 Å². The van der Waals surface area contributed by atoms with Crippen molar-refractivity contribution in [1.82, 2.24) is 9.97 Å². The van der Waals surface area contributed by atoms with Crippen molar-refractivity contribution in [2.45, 2.75) is 38.6 Å². The minimum Gasteiger partial charge on any atom is -0.351 e. The van der Waals surface area contributed by atoms with Crippen LogP contribution in [0, 0.1) is 12.8 Å². The van der Waals surface area contributed by atoms with Crippen LogP contribution in [0.15, 0.2) is 12.4 Å². The van der Waals surface area contributed by atoms with Gasteiger partial charge in [-0.3, -0.25) is 0 Å². The lowest BCUT2D eigenvalue weighted by Gasteiger charge is -2.31. The first kappa shape index (κ1) is 11.3. The fourth-order valence-corrected chi connectivity index (χ4v) is 2.31. The summed E-state index contributed by atoms with van der Waals surface area (Å²) in [7, 11) is 0. The van der Waals surface area contributed by atoms with Crippen molar-refractivity contribution < 1.29 is 0 Å². The van der Waals surface area contributed by atoms with Gasteiger partial charge in [-0.15, -0.1) is 0 Å². The van der Waals surface area contributed by atoms with Crippen molar-refractivity contribution >= 4 is 5.95 Å². The van der Waals surface area contributed by atoms with Gasteiger partial charge in [-0.25, -0.2) is 9.97 Å². The first-order valence-electron chi connectivity index (χ1n) is 6.05. The van der Waals surface area contributed by atoms with Crippen LogP contribution in [0.2, 0.25) is 0 Å². The lowest BCUT2D eigenvalue weighted by molar-refractivity contribution is 0.331. The molecule has 0 amide bonds. The average Bonchev–Trinajstić information content (AvgIpc) is 2.33. The molecule has 2 rings (SSSR count). The largest absolute Gasteiger partial charge is 0.351 e. The summed E-state index contributed by atoms with van der Waals surface area (Å²) in [5.41, 5.74) is 6.88. The maximum atomic E-state index is 5.79. The molecule has 1 aliphatic rings. The highest BCUT2D eigenvalue weighted by Crippen LogP contribution is 2.25. The van der Waals surface area contributed by atoms with Crippen LogP contribution < -0.4 is 11.1 Å². The Balaban J connectivity index is 1.99. The standard InChI is InChI=1S/C12H20N4/c1-9-7-14-12(15-8-9)16-11-5-3-2-4-10(11)6-13/h7-8,10-11H,2-6,13H2,1H3,(H,14,15,16). The molecule has 16 heavy (non-hydrogen) atoms. The Kier molecular flexibility index (Phi) is 3.72. The SMILES string of the molecule is Cc1cnc(NC2CCCCC2CN)nc1. The van der Waals surface area contributed by atoms with Gasteiger partial charge < -0.3 is 11.1 Å². The van der Waals surface area contributed by atoms with Gasteiger partial charge in [0.05, 0.1) is 0 Å². The van der Waals surface area contributed by atoms with Gasteiger partial charge in [0.15, 0.2) is 0 Å². The summed E-state index contributed by atoms with van der Waals surface area (Å²) < 4.78 is 0. The molecule has 0 spiro atoms. The second kappa shape index (κ2) is 5.25. The minimum atomic E-state index is 0.446. The van der Waals surface area contributed by atoms with Crippen molar-refractivity contribution in [2.75, 3.05) is 11.9 Å². The molecule has 0 aliphatic heterocycles. The normalized spacial score (nSPS) is 25.4. The zero-order valence-corrected chi connectivity index (χ0v) is 9.82. The van der Waals surface area contributed by atoms with Crippen LogP contribution in [0.25, 0.3) is 0 Å². The fraction of sp³-hybridized carbons (Fsp3) is 0.667. The van der Waals surface area contributed by atoms with Crippen molar-refractivity contribution in [3.05, 3.63) is 18.0 Å². The molecule has 0 bridgehead atoms. The van der Waals surface area contributed by atoms with E-state index in [0.29, 0.717) is 12.0 Å². The van der Waals surface area contributed by atoms with Crippen LogP contribution in [0.5, 0.6) is 0 Å². The van der Waals surface area contributed by atoms with E-state index in [0.717, 1.165) is 18.1 Å². The Morgan fingerprint density at radius 1 is 1.31 bits per heavy atom. The maximum Gasteiger partial charge on any atom is 0.222 e. The van der Waals surface area contributed by atoms with Gasteiger partial charge in [-0.2, -0.15) is 0 Å². The van der Waals surface area contributed by atoms with Gasteiger partial charge >= 0.3 is 0 Å². The Hall–Kier alpha value is -1.16. The van der Waals surface area contributed by atoms with Gasteiger partial charge in [0.2, 0.25) is 5.95 Å². The van der Waals surface area contributed by atoms with Crippen LogP contribution in [0.3, 0.4) is 0 Å². The molecular weight excluding hydrogens is 200 g/mol. The fourth-order valence-electron chi connectivity index (χ4n) is 2.31. The number of nitrogens with two attached hydrogens (primary N) is 1. The molecule has 1 aromatic rings. The Morgan fingerprint density at radius 2 is 2.00 bits per heavy atom. The molecule has 2 atom stereocenters. The van der Waals surface area contributed by atoms with Crippen LogP contribution in [0.4, 0.5) is 5.95 Å². The van der Waals surface area contributed by atoms with Crippen LogP contribution >= 0.6 is 0 Å². The van der Waals surface area contributed by atoms with Crippen LogP contribution in [-0.2, 0) is 0 Å². The number of aryl methyl sites for hydroxylation is 1. The number of nitrogens with one attached hydrogen (secondary N) is 1. The maximum absolute atomic E-state index is 5.79. The molecule has 0 aromatic carbocycles. The number of rotatable bonds is 3. The van der Waals surface area contributed by atoms with Gasteiger partial charge in [0, 0.05) is 18.4 Å². The predicted molar refractivity (Wildman–Crippen MR) is 65.2 cm³/mol. The Bertz CT molecular complexity index is 322. The molecule has 1 saturated carbocycles. The number of nitrogens with zero attached hydrogens (tertiary/aromatic N) is 2. The van der Waals surface area contributed by atoms with Crippen LogP contribution in [-0.4, -0.2) is 22.6 Å². The molecule has 1 aromatic heterocycles. The molecule has 2 unspecified atom stereocenters. The molecule has 3 N–H and O–H groups in total. The highest BCUT2D eigenvalue weighted by atomic mass is 15.1. The van der Waals surface area contributed by atoms with Gasteiger partial charge in [0.25, 0.3) is 0 Å². The van der Waals surface area contributed by atoms with E-state index in [1.807, 2.05) is 19.3 Å². The number of anilines is 1. The summed E-state index contributed by atoms with van der Waals surface area (Å²) in [5.74, 6) is 1.30. The van der Waals surface area contributed by atoms with E-state index in [1.54, 1.807) is 0 Å². The van der Waals surface area contributed by atoms with Crippen molar-refractivity contribution in [1.29, 1.82) is 0 Å². The molecule has 1 heterocycles. The van der Waals surface area contributed by atoms with Gasteiger partial charge in [-0.05, 0) is 37.8 Å². The zero-order chi connectivity index (χ0) is 11.4. The highest BCUT2D eigenvalue weighted by molar-refractivity contribution is 5.26. The van der Waals surface area contributed by atoms with Crippen LogP contribution in [0.1, 0.15) is 31.2 Å². The Labute approximate surface area is 96.7 Å². The molecule has 4 nitrogen and oxygen atoms in total. The predicted octanol–water partition coefficient (Wildman–Crippen LogP) is 1.71. The third-order valence-electron chi connectivity index (χ3n) is 3.31. The summed E-state index contributed by atoms with van der Waals surface area (Å²) in [6.45, 7) is 2.75. The smallest absolute Gasteiger partial charge is 0.222 e. The van der Waals surface area contributed by atoms with Crippen molar-refractivity contribution in [2.24, 2.45) is 11.7 Å². The lowest BCUT2D eigenvalue weighted by atomic mass is 9.84. The lowest BCUT2D eigenvalue weighted by Crippen LogP contribution is -2.37. The monoisotopic (exact) mass is 220 g/mol. The number of hydrogen-bond donors (Lipinski definition) is 2. The van der Waals surface area contributed by atoms with E-state index in [1.165, 1.54) is 25.7 Å². The summed E-state index contributed by atoms with van der Waals surface area (Å²) in [4.78, 5) is 8.56. The molecule has 1 aliphatic carbocycles. The van der Waals surface area contributed by atoms with Crippen molar-refractivity contribution in [3.63, 3.8) is 0 Å². The van der Waals surface area contributed by atoms with Gasteiger partial charge in [-0.1, -0.05) is 12.8 Å². The first-order valence-corrected chi connectivity index (χ1v) is 6.05. The summed E-state index contributed by atoms with van der Waals surface area (Å²) >= 11 is 0. The first-order chi connectivity index (χ1) is 7.79. The van der Waals surface area contributed by atoms with E-state index in [-0.39, 0.29) is 0 Å². The number of aromatic nitrogens is 2. The zero-order valence-electron chi connectivity index (χ0n) is 9.82. The van der Waals surface area contributed by atoms with Gasteiger partial charge in [0.1, 0.15) is 0 Å². The summed E-state index contributed by atoms with van der Waals surface area (Å²) in [6.07, 6.45) is 8.67. The quantitative estimate of drug-likeness (QED) is 0.814. The average molecular weight is 220 g/mol. The minimum absolute atomic E-state index is 0.446. The second-order valence-corrected chi connectivity index (χ2v) is 4.62. The van der Waals surface area contributed by atoms with E-state index in [9.17, 15) is 0 Å². The third kappa shape index (κ3) is 2.70.